The number of nitrogens with two attached hydrogens (primary N) is 1. The molecule has 1 atom stereocenters. The molecule has 1 aromatic rings. The average molecular weight is 219 g/mol. The minimum Gasteiger partial charge on any atom is -0.387 e. The molecule has 0 heterocycles. The molecular weight excluding hydrogens is 207 g/mol. The first-order valence-electron chi connectivity index (χ1n) is 4.42. The van der Waals surface area contributed by atoms with Gasteiger partial charge in [-0.25, -0.2) is 0 Å². The Morgan fingerprint density at radius 2 is 2.00 bits per heavy atom. The molecule has 5 heteroatoms. The van der Waals surface area contributed by atoms with E-state index in [4.69, 9.17) is 5.73 Å². The predicted octanol–water partition coefficient (Wildman–Crippen LogP) is 2.01. The minimum absolute atomic E-state index is 0.00773. The molecule has 0 aliphatic rings. The van der Waals surface area contributed by atoms with Crippen LogP contribution in [0.5, 0.6) is 0 Å². The number of hydrogen-bond acceptors (Lipinski definition) is 2. The van der Waals surface area contributed by atoms with Gasteiger partial charge in [-0.1, -0.05) is 6.07 Å². The van der Waals surface area contributed by atoms with Crippen molar-refractivity contribution in [3.63, 3.8) is 0 Å². The van der Waals surface area contributed by atoms with Crippen LogP contribution in [0.25, 0.3) is 0 Å². The van der Waals surface area contributed by atoms with Crippen LogP contribution in [0.1, 0.15) is 22.8 Å². The number of aliphatic hydroxyl groups is 1. The van der Waals surface area contributed by atoms with Crippen molar-refractivity contribution in [2.75, 3.05) is 6.54 Å². The molecule has 15 heavy (non-hydrogen) atoms. The Kier molecular flexibility index (Phi) is 3.36. The van der Waals surface area contributed by atoms with E-state index in [0.29, 0.717) is 11.1 Å². The van der Waals surface area contributed by atoms with Gasteiger partial charge in [0.25, 0.3) is 0 Å². The zero-order valence-corrected chi connectivity index (χ0v) is 8.17. The first-order chi connectivity index (χ1) is 6.86. The molecule has 0 aliphatic carbocycles. The summed E-state index contributed by atoms with van der Waals surface area (Å²) in [6.07, 6.45) is -5.26. The van der Waals surface area contributed by atoms with Gasteiger partial charge in [-0.15, -0.1) is 0 Å². The van der Waals surface area contributed by atoms with Crippen LogP contribution >= 0.6 is 0 Å². The summed E-state index contributed by atoms with van der Waals surface area (Å²) in [6.45, 7) is 1.51. The number of aryl methyl sites for hydroxylation is 1. The fourth-order valence-electron chi connectivity index (χ4n) is 1.35. The van der Waals surface area contributed by atoms with Gasteiger partial charge in [0.2, 0.25) is 0 Å². The monoisotopic (exact) mass is 219 g/mol. The van der Waals surface area contributed by atoms with Gasteiger partial charge in [0, 0.05) is 6.54 Å². The van der Waals surface area contributed by atoms with E-state index in [1.165, 1.54) is 13.0 Å². The van der Waals surface area contributed by atoms with Crippen LogP contribution in [-0.4, -0.2) is 11.7 Å². The lowest BCUT2D eigenvalue weighted by Crippen LogP contribution is -2.13. The highest BCUT2D eigenvalue weighted by Gasteiger charge is 2.30. The maximum atomic E-state index is 12.3. The number of hydrogen-bond donors (Lipinski definition) is 2. The largest absolute Gasteiger partial charge is 0.416 e. The number of benzene rings is 1. The van der Waals surface area contributed by atoms with Crippen molar-refractivity contribution in [1.29, 1.82) is 0 Å². The van der Waals surface area contributed by atoms with E-state index in [1.807, 2.05) is 0 Å². The lowest BCUT2D eigenvalue weighted by molar-refractivity contribution is -0.137. The fraction of sp³-hybridized carbons (Fsp3) is 0.400. The van der Waals surface area contributed by atoms with E-state index in [9.17, 15) is 18.3 Å². The highest BCUT2D eigenvalue weighted by Crippen LogP contribution is 2.31. The molecule has 84 valence electrons. The standard InChI is InChI=1S/C10H12F3NO/c1-6-4-7(10(11,12)13)2-3-8(6)9(15)5-14/h2-4,9,15H,5,14H2,1H3/t9-/m1/s1. The van der Waals surface area contributed by atoms with Crippen LogP contribution in [-0.2, 0) is 6.18 Å². The second-order valence-corrected chi connectivity index (χ2v) is 3.32. The van der Waals surface area contributed by atoms with E-state index in [1.54, 1.807) is 0 Å². The predicted molar refractivity (Wildman–Crippen MR) is 50.2 cm³/mol. The summed E-state index contributed by atoms with van der Waals surface area (Å²) >= 11 is 0. The van der Waals surface area contributed by atoms with Crippen LogP contribution in [0.15, 0.2) is 18.2 Å². The molecule has 0 amide bonds. The third kappa shape index (κ3) is 2.70. The number of halogens is 3. The molecule has 3 N–H and O–H groups in total. The second-order valence-electron chi connectivity index (χ2n) is 3.32. The molecule has 0 aromatic heterocycles. The lowest BCUT2D eigenvalue weighted by Gasteiger charge is -2.14. The zero-order chi connectivity index (χ0) is 11.6. The molecule has 0 radical (unpaired) electrons. The highest BCUT2D eigenvalue weighted by molar-refractivity contribution is 5.34. The first-order valence-corrected chi connectivity index (χ1v) is 4.42. The van der Waals surface area contributed by atoms with E-state index < -0.39 is 17.8 Å². The molecule has 1 rings (SSSR count). The second kappa shape index (κ2) is 4.20. The lowest BCUT2D eigenvalue weighted by atomic mass is 10.0. The van der Waals surface area contributed by atoms with Gasteiger partial charge in [0.05, 0.1) is 11.7 Å². The van der Waals surface area contributed by atoms with Crippen LogP contribution in [0, 0.1) is 6.92 Å². The van der Waals surface area contributed by atoms with Crippen molar-refractivity contribution in [2.24, 2.45) is 5.73 Å². The molecule has 0 bridgehead atoms. The Balaban J connectivity index is 3.09. The third-order valence-corrected chi connectivity index (χ3v) is 2.18. The first kappa shape index (κ1) is 12.0. The minimum atomic E-state index is -4.35. The Morgan fingerprint density at radius 1 is 1.40 bits per heavy atom. The van der Waals surface area contributed by atoms with E-state index >= 15 is 0 Å². The van der Waals surface area contributed by atoms with Gasteiger partial charge in [0.15, 0.2) is 0 Å². The van der Waals surface area contributed by atoms with Crippen molar-refractivity contribution in [1.82, 2.24) is 0 Å². The van der Waals surface area contributed by atoms with Crippen molar-refractivity contribution in [2.45, 2.75) is 19.2 Å². The molecule has 0 aliphatic heterocycles. The summed E-state index contributed by atoms with van der Waals surface area (Å²) in [4.78, 5) is 0. The molecule has 2 nitrogen and oxygen atoms in total. The fourth-order valence-corrected chi connectivity index (χ4v) is 1.35. The molecular formula is C10H12F3NO. The number of alkyl halides is 3. The molecule has 0 saturated heterocycles. The Morgan fingerprint density at radius 3 is 2.40 bits per heavy atom. The molecule has 1 aromatic carbocycles. The van der Waals surface area contributed by atoms with Crippen LogP contribution < -0.4 is 5.73 Å². The van der Waals surface area contributed by atoms with Gasteiger partial charge in [-0.3, -0.25) is 0 Å². The number of rotatable bonds is 2. The normalized spacial score (nSPS) is 14.0. The molecule has 0 fully saturated rings. The van der Waals surface area contributed by atoms with Gasteiger partial charge < -0.3 is 10.8 Å². The zero-order valence-electron chi connectivity index (χ0n) is 8.17. The molecule has 0 saturated carbocycles. The smallest absolute Gasteiger partial charge is 0.387 e. The topological polar surface area (TPSA) is 46.2 Å². The summed E-state index contributed by atoms with van der Waals surface area (Å²) < 4.78 is 36.9. The van der Waals surface area contributed by atoms with E-state index in [0.717, 1.165) is 12.1 Å². The SMILES string of the molecule is Cc1cc(C(F)(F)F)ccc1[C@H](O)CN. The van der Waals surface area contributed by atoms with Gasteiger partial charge in [-0.05, 0) is 30.2 Å². The maximum absolute atomic E-state index is 12.3. The summed E-state index contributed by atoms with van der Waals surface area (Å²) in [5.74, 6) is 0. The van der Waals surface area contributed by atoms with Crippen molar-refractivity contribution >= 4 is 0 Å². The Labute approximate surface area is 85.5 Å². The van der Waals surface area contributed by atoms with Crippen molar-refractivity contribution in [3.8, 4) is 0 Å². The summed E-state index contributed by atoms with van der Waals surface area (Å²) in [6, 6.07) is 3.21. The Bertz CT molecular complexity index is 349. The van der Waals surface area contributed by atoms with E-state index in [2.05, 4.69) is 0 Å². The summed E-state index contributed by atoms with van der Waals surface area (Å²) in [7, 11) is 0. The van der Waals surface area contributed by atoms with Crippen molar-refractivity contribution < 1.29 is 18.3 Å². The molecule has 0 spiro atoms. The number of aliphatic hydroxyl groups excluding tert-OH is 1. The highest BCUT2D eigenvalue weighted by atomic mass is 19.4. The van der Waals surface area contributed by atoms with Crippen molar-refractivity contribution in [3.05, 3.63) is 34.9 Å². The molecule has 0 unspecified atom stereocenters. The van der Waals surface area contributed by atoms with Gasteiger partial charge in [-0.2, -0.15) is 13.2 Å². The summed E-state index contributed by atoms with van der Waals surface area (Å²) in [5.41, 5.74) is 5.34. The summed E-state index contributed by atoms with van der Waals surface area (Å²) in [5, 5.41) is 9.40. The van der Waals surface area contributed by atoms with E-state index in [-0.39, 0.29) is 6.54 Å². The van der Waals surface area contributed by atoms with Crippen LogP contribution in [0.4, 0.5) is 13.2 Å². The third-order valence-electron chi connectivity index (χ3n) is 2.18. The van der Waals surface area contributed by atoms with Gasteiger partial charge >= 0.3 is 6.18 Å². The Hall–Kier alpha value is -1.07. The average Bonchev–Trinajstić information content (AvgIpc) is 2.15. The van der Waals surface area contributed by atoms with Crippen LogP contribution in [0.2, 0.25) is 0 Å². The quantitative estimate of drug-likeness (QED) is 0.799. The maximum Gasteiger partial charge on any atom is 0.416 e. The van der Waals surface area contributed by atoms with Gasteiger partial charge in [0.1, 0.15) is 0 Å². The van der Waals surface area contributed by atoms with Crippen LogP contribution in [0.3, 0.4) is 0 Å².